The highest BCUT2D eigenvalue weighted by molar-refractivity contribution is 6.07. The topological polar surface area (TPSA) is 30.0 Å². The number of hydrogen-bond donors (Lipinski definition) is 0. The lowest BCUT2D eigenvalue weighted by atomic mass is 10.0. The van der Waals surface area contributed by atoms with Crippen molar-refractivity contribution in [2.45, 2.75) is 13.8 Å². The molecule has 17 heavy (non-hydrogen) atoms. The minimum absolute atomic E-state index is 0.257. The molecule has 0 radical (unpaired) electrons. The third-order valence-electron chi connectivity index (χ3n) is 2.58. The molecule has 0 amide bonds. The van der Waals surface area contributed by atoms with Crippen LogP contribution >= 0.6 is 0 Å². The molecule has 0 aliphatic rings. The molecule has 0 aliphatic carbocycles. The number of rotatable bonds is 2. The zero-order valence-corrected chi connectivity index (χ0v) is 9.70. The van der Waals surface area contributed by atoms with Crippen LogP contribution in [0.25, 0.3) is 0 Å². The fourth-order valence-corrected chi connectivity index (χ4v) is 1.54. The van der Waals surface area contributed by atoms with Crippen molar-refractivity contribution in [1.82, 2.24) is 4.98 Å². The van der Waals surface area contributed by atoms with Gasteiger partial charge in [-0.05, 0) is 43.2 Å². The zero-order chi connectivity index (χ0) is 12.4. The summed E-state index contributed by atoms with van der Waals surface area (Å²) in [7, 11) is 0. The van der Waals surface area contributed by atoms with Crippen molar-refractivity contribution in [3.05, 3.63) is 64.7 Å². The van der Waals surface area contributed by atoms with Crippen LogP contribution in [0.2, 0.25) is 0 Å². The summed E-state index contributed by atoms with van der Waals surface area (Å²) >= 11 is 0. The highest BCUT2D eigenvalue weighted by atomic mass is 19.1. The minimum Gasteiger partial charge on any atom is -0.287 e. The van der Waals surface area contributed by atoms with Gasteiger partial charge in [-0.15, -0.1) is 0 Å². The van der Waals surface area contributed by atoms with Crippen molar-refractivity contribution in [3.8, 4) is 0 Å². The number of aromatic nitrogens is 1. The first-order valence-electron chi connectivity index (χ1n) is 5.31. The summed E-state index contributed by atoms with van der Waals surface area (Å²) in [5.41, 5.74) is 2.15. The molecule has 0 bridgehead atoms. The lowest BCUT2D eigenvalue weighted by Gasteiger charge is -2.03. The van der Waals surface area contributed by atoms with E-state index in [1.807, 2.05) is 13.0 Å². The van der Waals surface area contributed by atoms with Crippen LogP contribution in [0, 0.1) is 19.7 Å². The first kappa shape index (κ1) is 11.5. The van der Waals surface area contributed by atoms with E-state index in [0.717, 1.165) is 5.56 Å². The summed E-state index contributed by atoms with van der Waals surface area (Å²) in [6.45, 7) is 3.54. The van der Waals surface area contributed by atoms with E-state index in [1.165, 1.54) is 6.07 Å². The summed E-state index contributed by atoms with van der Waals surface area (Å²) in [5, 5.41) is 0. The highest BCUT2D eigenvalue weighted by Gasteiger charge is 2.12. The van der Waals surface area contributed by atoms with Gasteiger partial charge in [0.1, 0.15) is 11.5 Å². The molecule has 0 unspecified atom stereocenters. The van der Waals surface area contributed by atoms with Gasteiger partial charge < -0.3 is 0 Å². The second kappa shape index (κ2) is 4.45. The third-order valence-corrected chi connectivity index (χ3v) is 2.58. The van der Waals surface area contributed by atoms with Gasteiger partial charge in [0.2, 0.25) is 5.78 Å². The summed E-state index contributed by atoms with van der Waals surface area (Å²) in [6, 6.07) is 7.97. The lowest BCUT2D eigenvalue weighted by molar-refractivity contribution is 0.103. The quantitative estimate of drug-likeness (QED) is 0.741. The van der Waals surface area contributed by atoms with Crippen LogP contribution in [-0.4, -0.2) is 10.8 Å². The van der Waals surface area contributed by atoms with Crippen LogP contribution in [0.15, 0.2) is 36.5 Å². The van der Waals surface area contributed by atoms with Gasteiger partial charge in [0.15, 0.2) is 0 Å². The Morgan fingerprint density at radius 1 is 1.18 bits per heavy atom. The number of halogens is 1. The Labute approximate surface area is 99.1 Å². The largest absolute Gasteiger partial charge is 0.287 e. The van der Waals surface area contributed by atoms with Crippen molar-refractivity contribution in [1.29, 1.82) is 0 Å². The lowest BCUT2D eigenvalue weighted by Crippen LogP contribution is -2.05. The molecule has 2 aromatic rings. The number of aryl methyl sites for hydroxylation is 2. The van der Waals surface area contributed by atoms with E-state index in [0.29, 0.717) is 16.8 Å². The van der Waals surface area contributed by atoms with Gasteiger partial charge in [-0.1, -0.05) is 12.1 Å². The average molecular weight is 229 g/mol. The number of carbonyl (C=O) groups is 1. The maximum atomic E-state index is 13.4. The standard InChI is InChI=1S/C14H12FNO/c1-9-5-6-16-13(7-9)14(17)11-4-3-10(2)12(15)8-11/h3-8H,1-2H3. The maximum Gasteiger partial charge on any atom is 0.211 e. The van der Waals surface area contributed by atoms with Gasteiger partial charge >= 0.3 is 0 Å². The molecule has 1 heterocycles. The predicted molar refractivity (Wildman–Crippen MR) is 63.5 cm³/mol. The van der Waals surface area contributed by atoms with E-state index in [-0.39, 0.29) is 11.6 Å². The van der Waals surface area contributed by atoms with Crippen LogP contribution < -0.4 is 0 Å². The molecule has 0 saturated heterocycles. The second-order valence-corrected chi connectivity index (χ2v) is 4.01. The van der Waals surface area contributed by atoms with Gasteiger partial charge in [0.05, 0.1) is 0 Å². The van der Waals surface area contributed by atoms with E-state index in [2.05, 4.69) is 4.98 Å². The molecule has 0 aliphatic heterocycles. The molecule has 0 spiro atoms. The smallest absolute Gasteiger partial charge is 0.211 e. The maximum absolute atomic E-state index is 13.4. The van der Waals surface area contributed by atoms with Gasteiger partial charge in [0, 0.05) is 11.8 Å². The predicted octanol–water partition coefficient (Wildman–Crippen LogP) is 3.07. The van der Waals surface area contributed by atoms with Crippen molar-refractivity contribution in [2.75, 3.05) is 0 Å². The fourth-order valence-electron chi connectivity index (χ4n) is 1.54. The van der Waals surface area contributed by atoms with Crippen molar-refractivity contribution in [2.24, 2.45) is 0 Å². The molecule has 0 fully saturated rings. The number of nitrogens with zero attached hydrogens (tertiary/aromatic N) is 1. The fraction of sp³-hybridized carbons (Fsp3) is 0.143. The Morgan fingerprint density at radius 3 is 2.59 bits per heavy atom. The van der Waals surface area contributed by atoms with Gasteiger partial charge in [-0.2, -0.15) is 0 Å². The Kier molecular flexibility index (Phi) is 3.00. The van der Waals surface area contributed by atoms with Crippen LogP contribution in [0.1, 0.15) is 27.2 Å². The zero-order valence-electron chi connectivity index (χ0n) is 9.70. The number of hydrogen-bond acceptors (Lipinski definition) is 2. The first-order valence-corrected chi connectivity index (χ1v) is 5.31. The van der Waals surface area contributed by atoms with Crippen molar-refractivity contribution in [3.63, 3.8) is 0 Å². The van der Waals surface area contributed by atoms with Crippen LogP contribution in [0.5, 0.6) is 0 Å². The Hall–Kier alpha value is -2.03. The van der Waals surface area contributed by atoms with E-state index >= 15 is 0 Å². The minimum atomic E-state index is -0.372. The van der Waals surface area contributed by atoms with E-state index < -0.39 is 0 Å². The van der Waals surface area contributed by atoms with E-state index in [9.17, 15) is 9.18 Å². The van der Waals surface area contributed by atoms with Gasteiger partial charge in [-0.25, -0.2) is 4.39 Å². The molecule has 2 nitrogen and oxygen atoms in total. The average Bonchev–Trinajstić information content (AvgIpc) is 2.32. The first-order chi connectivity index (χ1) is 8.08. The summed E-state index contributed by atoms with van der Waals surface area (Å²) in [5.74, 6) is -0.629. The summed E-state index contributed by atoms with van der Waals surface area (Å²) < 4.78 is 13.4. The number of ketones is 1. The van der Waals surface area contributed by atoms with Crippen molar-refractivity contribution >= 4 is 5.78 Å². The van der Waals surface area contributed by atoms with Crippen LogP contribution in [0.4, 0.5) is 4.39 Å². The molecular weight excluding hydrogens is 217 g/mol. The number of carbonyl (C=O) groups excluding carboxylic acids is 1. The molecule has 1 aromatic heterocycles. The molecule has 86 valence electrons. The van der Waals surface area contributed by atoms with Gasteiger partial charge in [-0.3, -0.25) is 9.78 Å². The molecule has 0 N–H and O–H groups in total. The van der Waals surface area contributed by atoms with Crippen LogP contribution in [-0.2, 0) is 0 Å². The second-order valence-electron chi connectivity index (χ2n) is 4.01. The third kappa shape index (κ3) is 2.38. The van der Waals surface area contributed by atoms with Crippen LogP contribution in [0.3, 0.4) is 0 Å². The number of benzene rings is 1. The SMILES string of the molecule is Cc1ccnc(C(=O)c2ccc(C)c(F)c2)c1. The molecule has 0 atom stereocenters. The van der Waals surface area contributed by atoms with Gasteiger partial charge in [0.25, 0.3) is 0 Å². The Balaban J connectivity index is 2.40. The van der Waals surface area contributed by atoms with E-state index in [1.54, 1.807) is 31.3 Å². The summed E-state index contributed by atoms with van der Waals surface area (Å²) in [6.07, 6.45) is 1.58. The molecule has 3 heteroatoms. The van der Waals surface area contributed by atoms with Crippen molar-refractivity contribution < 1.29 is 9.18 Å². The summed E-state index contributed by atoms with van der Waals surface area (Å²) in [4.78, 5) is 16.0. The molecule has 1 aromatic carbocycles. The normalized spacial score (nSPS) is 10.3. The monoisotopic (exact) mass is 229 g/mol. The molecule has 2 rings (SSSR count). The molecule has 0 saturated carbocycles. The number of pyridine rings is 1. The highest BCUT2D eigenvalue weighted by Crippen LogP contribution is 2.13. The van der Waals surface area contributed by atoms with E-state index in [4.69, 9.17) is 0 Å². The Bertz CT molecular complexity index is 578. The Morgan fingerprint density at radius 2 is 1.94 bits per heavy atom. The molecular formula is C14H12FNO.